The number of benzene rings is 8. The minimum Gasteiger partial charge on any atom is -0.437 e. The number of nitrogens with zero attached hydrogens (tertiary/aromatic N) is 4. The predicted molar refractivity (Wildman–Crippen MR) is 258 cm³/mol. The summed E-state index contributed by atoms with van der Waals surface area (Å²) in [5.74, 6) is 1.29. The summed E-state index contributed by atoms with van der Waals surface area (Å²) < 4.78 is 7.05. The Morgan fingerprint density at radius 3 is 1.10 bits per heavy atom. The molecule has 10 rings (SSSR count). The Hall–Kier alpha value is -8.02. The van der Waals surface area contributed by atoms with Gasteiger partial charge in [-0.15, -0.1) is 0 Å². The number of ether oxygens (including phenoxy) is 1. The molecule has 0 saturated heterocycles. The number of hydrogen-bond donors (Lipinski definition) is 0. The number of anilines is 6. The second-order valence-corrected chi connectivity index (χ2v) is 15.8. The number of allylic oxidation sites excluding steroid dienone is 1. The zero-order chi connectivity index (χ0) is 41.9. The number of para-hydroxylation sites is 6. The lowest BCUT2D eigenvalue weighted by Crippen LogP contribution is -2.22. The molecule has 0 atom stereocenters. The van der Waals surface area contributed by atoms with E-state index in [0.29, 0.717) is 5.90 Å². The zero-order valence-corrected chi connectivity index (χ0v) is 34.6. The molecule has 5 nitrogen and oxygen atoms in total. The van der Waals surface area contributed by atoms with Crippen LogP contribution in [-0.4, -0.2) is 11.6 Å². The molecule has 298 valence electrons. The average molecular weight is 801 g/mol. The monoisotopic (exact) mass is 800 g/mol. The second kappa shape index (κ2) is 16.6. The van der Waals surface area contributed by atoms with Crippen LogP contribution in [0.15, 0.2) is 252 Å². The first-order valence-corrected chi connectivity index (χ1v) is 21.0. The first-order chi connectivity index (χ1) is 30.5. The van der Waals surface area contributed by atoms with E-state index >= 15 is 0 Å². The maximum atomic E-state index is 7.05. The van der Waals surface area contributed by atoms with Gasteiger partial charge in [0.2, 0.25) is 5.90 Å². The molecule has 0 spiro atoms. The van der Waals surface area contributed by atoms with Crippen LogP contribution in [0.5, 0.6) is 0 Å². The van der Waals surface area contributed by atoms with Gasteiger partial charge >= 0.3 is 0 Å². The van der Waals surface area contributed by atoms with Crippen LogP contribution >= 0.6 is 0 Å². The summed E-state index contributed by atoms with van der Waals surface area (Å²) in [5, 5.41) is 0. The van der Waals surface area contributed by atoms with E-state index in [0.717, 1.165) is 84.8 Å². The molecular weight excluding hydrogens is 757 g/mol. The van der Waals surface area contributed by atoms with Crippen LogP contribution in [0.4, 0.5) is 45.5 Å². The van der Waals surface area contributed by atoms with Crippen molar-refractivity contribution in [1.29, 1.82) is 0 Å². The van der Waals surface area contributed by atoms with Gasteiger partial charge in [0.15, 0.2) is 0 Å². The highest BCUT2D eigenvalue weighted by molar-refractivity contribution is 6.34. The first kappa shape index (κ1) is 38.2. The minimum absolute atomic E-state index is 0.537. The number of rotatable bonds is 10. The van der Waals surface area contributed by atoms with Gasteiger partial charge in [0.25, 0.3) is 0 Å². The van der Waals surface area contributed by atoms with Crippen molar-refractivity contribution >= 4 is 68.4 Å². The van der Waals surface area contributed by atoms with Crippen LogP contribution < -0.4 is 9.80 Å². The van der Waals surface area contributed by atoms with Crippen molar-refractivity contribution in [2.24, 2.45) is 15.4 Å². The minimum atomic E-state index is -0.537. The summed E-state index contributed by atoms with van der Waals surface area (Å²) in [4.78, 5) is 15.2. The number of fused-ring (bicyclic) bond motifs is 1. The Balaban J connectivity index is 1.15. The van der Waals surface area contributed by atoms with Crippen molar-refractivity contribution in [3.63, 3.8) is 0 Å². The molecule has 0 fully saturated rings. The zero-order valence-electron chi connectivity index (χ0n) is 34.6. The highest BCUT2D eigenvalue weighted by atomic mass is 16.5. The molecule has 0 N–H and O–H groups in total. The Kier molecular flexibility index (Phi) is 10.2. The number of aliphatic imine (C=N–C) groups is 2. The van der Waals surface area contributed by atoms with Gasteiger partial charge in [-0.25, -0.2) is 4.99 Å². The largest absolute Gasteiger partial charge is 0.437 e. The predicted octanol–water partition coefficient (Wildman–Crippen LogP) is 15.4. The number of hydrogen-bond acceptors (Lipinski definition) is 5. The van der Waals surface area contributed by atoms with Crippen molar-refractivity contribution in [2.75, 3.05) is 9.80 Å². The van der Waals surface area contributed by atoms with E-state index in [1.165, 1.54) is 0 Å². The maximum Gasteiger partial charge on any atom is 0.228 e. The topological polar surface area (TPSA) is 40.4 Å². The van der Waals surface area contributed by atoms with Gasteiger partial charge in [-0.05, 0) is 120 Å². The van der Waals surface area contributed by atoms with Crippen LogP contribution in [0.3, 0.4) is 0 Å². The van der Waals surface area contributed by atoms with Crippen LogP contribution in [0, 0.1) is 5.41 Å². The molecule has 1 aliphatic heterocycles. The Morgan fingerprint density at radius 1 is 0.355 bits per heavy atom. The maximum absolute atomic E-state index is 7.05. The van der Waals surface area contributed by atoms with Crippen LogP contribution in [0.1, 0.15) is 25.0 Å². The molecule has 5 heteroatoms. The van der Waals surface area contributed by atoms with Crippen molar-refractivity contribution in [1.82, 2.24) is 0 Å². The van der Waals surface area contributed by atoms with Gasteiger partial charge in [0.1, 0.15) is 5.76 Å². The Bertz CT molecular complexity index is 2860. The standard InChI is InChI=1S/C57H44N4O/c1-57(2)53(41-33-37-49(38-34-41)60(45-25-13-5-14-26-45)46-27-15-6-16-28-46)51-52(55(57)58-43-21-9-3-10-22-43)54(62-56(51)59-44-23-11-4-12-24-44)42-35-39-50(40-36-42)61(47-29-17-7-18-30-47)48-31-19-8-20-32-48/h3-40H,1-2H3. The molecule has 0 radical (unpaired) electrons. The summed E-state index contributed by atoms with van der Waals surface area (Å²) >= 11 is 0. The van der Waals surface area contributed by atoms with Crippen molar-refractivity contribution in [2.45, 2.75) is 13.8 Å². The van der Waals surface area contributed by atoms with E-state index in [1.807, 2.05) is 60.7 Å². The van der Waals surface area contributed by atoms with Crippen molar-refractivity contribution in [3.8, 4) is 0 Å². The quantitative estimate of drug-likeness (QED) is 0.138. The van der Waals surface area contributed by atoms with Crippen LogP contribution in [0.25, 0.3) is 11.3 Å². The van der Waals surface area contributed by atoms with Gasteiger partial charge in [-0.1, -0.05) is 135 Å². The third kappa shape index (κ3) is 7.31. The average Bonchev–Trinajstić information content (AvgIpc) is 3.79. The first-order valence-electron chi connectivity index (χ1n) is 21.0. The molecule has 1 heterocycles. The molecule has 0 bridgehead atoms. The lowest BCUT2D eigenvalue weighted by atomic mass is 9.79. The molecule has 0 amide bonds. The van der Waals surface area contributed by atoms with E-state index in [1.54, 1.807) is 0 Å². The molecule has 0 aromatic heterocycles. The summed E-state index contributed by atoms with van der Waals surface area (Å²) in [6.45, 7) is 4.55. The summed E-state index contributed by atoms with van der Waals surface area (Å²) in [6, 6.07) is 79.7. The Labute approximate surface area is 363 Å². The fourth-order valence-electron chi connectivity index (χ4n) is 8.60. The third-order valence-electron chi connectivity index (χ3n) is 11.4. The SMILES string of the molecule is CC1(C)C(=Nc2ccccc2)C2=C(c3ccc(N(c4ccccc4)c4ccccc4)cc3)OC(=Nc3ccccc3)C2=C1c1ccc(N(c2ccccc2)c2ccccc2)cc1. The van der Waals surface area contributed by atoms with E-state index in [2.05, 4.69) is 194 Å². The van der Waals surface area contributed by atoms with Gasteiger partial charge in [0.05, 0.1) is 28.2 Å². The second-order valence-electron chi connectivity index (χ2n) is 15.8. The highest BCUT2D eigenvalue weighted by Gasteiger charge is 2.50. The lowest BCUT2D eigenvalue weighted by Gasteiger charge is -2.28. The molecular formula is C57H44N4O. The molecule has 62 heavy (non-hydrogen) atoms. The Morgan fingerprint density at radius 2 is 0.694 bits per heavy atom. The van der Waals surface area contributed by atoms with Crippen molar-refractivity contribution < 1.29 is 4.74 Å². The normalized spacial score (nSPS) is 15.5. The molecule has 2 aliphatic rings. The molecule has 0 unspecified atom stereocenters. The van der Waals surface area contributed by atoms with Gasteiger partial charge in [0, 0.05) is 45.1 Å². The summed E-state index contributed by atoms with van der Waals surface area (Å²) in [5.41, 5.74) is 13.6. The fraction of sp³-hybridized carbons (Fsp3) is 0.0526. The van der Waals surface area contributed by atoms with Crippen LogP contribution in [0.2, 0.25) is 0 Å². The van der Waals surface area contributed by atoms with Gasteiger partial charge < -0.3 is 14.5 Å². The molecule has 8 aromatic carbocycles. The fourth-order valence-corrected chi connectivity index (χ4v) is 8.60. The smallest absolute Gasteiger partial charge is 0.228 e. The van der Waals surface area contributed by atoms with Gasteiger partial charge in [-0.2, -0.15) is 0 Å². The molecule has 0 saturated carbocycles. The van der Waals surface area contributed by atoms with E-state index in [9.17, 15) is 0 Å². The van der Waals surface area contributed by atoms with E-state index in [-0.39, 0.29) is 0 Å². The molecule has 8 aromatic rings. The van der Waals surface area contributed by atoms with Crippen LogP contribution in [-0.2, 0) is 4.74 Å². The highest BCUT2D eigenvalue weighted by Crippen LogP contribution is 2.55. The van der Waals surface area contributed by atoms with E-state index in [4.69, 9.17) is 14.7 Å². The summed E-state index contributed by atoms with van der Waals surface area (Å²) in [6.07, 6.45) is 0. The van der Waals surface area contributed by atoms with Crippen molar-refractivity contribution in [3.05, 3.63) is 253 Å². The third-order valence-corrected chi connectivity index (χ3v) is 11.4. The van der Waals surface area contributed by atoms with E-state index < -0.39 is 5.41 Å². The molecule has 1 aliphatic carbocycles. The lowest BCUT2D eigenvalue weighted by molar-refractivity contribution is 0.520. The summed E-state index contributed by atoms with van der Waals surface area (Å²) in [7, 11) is 0. The van der Waals surface area contributed by atoms with Gasteiger partial charge in [-0.3, -0.25) is 4.99 Å².